The number of hydrogen-bond acceptors (Lipinski definition) is 5. The van der Waals surface area contributed by atoms with Crippen LogP contribution in [-0.4, -0.2) is 50.5 Å². The van der Waals surface area contributed by atoms with E-state index in [-0.39, 0.29) is 17.3 Å². The van der Waals surface area contributed by atoms with Crippen LogP contribution in [0.5, 0.6) is 0 Å². The Bertz CT molecular complexity index is 1140. The van der Waals surface area contributed by atoms with E-state index < -0.39 is 9.84 Å². The zero-order valence-electron chi connectivity index (χ0n) is 17.5. The molecule has 2 fully saturated rings. The summed E-state index contributed by atoms with van der Waals surface area (Å²) < 4.78 is 25.9. The van der Waals surface area contributed by atoms with Crippen molar-refractivity contribution in [2.75, 3.05) is 31.1 Å². The Kier molecular flexibility index (Phi) is 6.51. The van der Waals surface area contributed by atoms with Gasteiger partial charge in [-0.25, -0.2) is 8.42 Å². The van der Waals surface area contributed by atoms with E-state index in [9.17, 15) is 8.42 Å². The van der Waals surface area contributed by atoms with Crippen molar-refractivity contribution in [3.05, 3.63) is 60.8 Å². The fraction of sp³-hybridized carbons (Fsp3) is 0.375. The first-order chi connectivity index (χ1) is 14.6. The Morgan fingerprint density at radius 2 is 1.55 bits per heavy atom. The summed E-state index contributed by atoms with van der Waals surface area (Å²) in [7, 11) is -3.57. The minimum atomic E-state index is -3.57. The van der Waals surface area contributed by atoms with Crippen LogP contribution in [0.3, 0.4) is 0 Å². The maximum absolute atomic E-state index is 13.0. The lowest BCUT2D eigenvalue weighted by Crippen LogP contribution is -2.43. The maximum Gasteiger partial charge on any atom is 0.208 e. The topological polar surface area (TPSA) is 53.5 Å². The molecule has 0 spiro atoms. The van der Waals surface area contributed by atoms with Gasteiger partial charge in [0.25, 0.3) is 0 Å². The van der Waals surface area contributed by atoms with Gasteiger partial charge in [-0.3, -0.25) is 4.98 Å². The molecule has 7 heteroatoms. The van der Waals surface area contributed by atoms with Crippen molar-refractivity contribution < 1.29 is 8.42 Å². The lowest BCUT2D eigenvalue weighted by atomic mass is 10.0. The van der Waals surface area contributed by atoms with Gasteiger partial charge in [0.2, 0.25) is 9.84 Å². The fourth-order valence-electron chi connectivity index (χ4n) is 4.84. The largest absolute Gasteiger partial charge is 0.370 e. The first-order valence-electron chi connectivity index (χ1n) is 10.8. The average Bonchev–Trinajstić information content (AvgIpc) is 3.34. The Labute approximate surface area is 190 Å². The number of para-hydroxylation sites is 1. The van der Waals surface area contributed by atoms with Crippen LogP contribution in [0.1, 0.15) is 25.7 Å². The van der Waals surface area contributed by atoms with Gasteiger partial charge < -0.3 is 9.80 Å². The van der Waals surface area contributed by atoms with Crippen LogP contribution < -0.4 is 4.90 Å². The molecule has 2 aromatic carbocycles. The van der Waals surface area contributed by atoms with Crippen molar-refractivity contribution >= 4 is 38.8 Å². The van der Waals surface area contributed by atoms with Crippen LogP contribution in [0.2, 0.25) is 0 Å². The van der Waals surface area contributed by atoms with Crippen LogP contribution in [-0.2, 0) is 9.84 Å². The van der Waals surface area contributed by atoms with Crippen molar-refractivity contribution in [1.82, 2.24) is 9.88 Å². The smallest absolute Gasteiger partial charge is 0.208 e. The van der Waals surface area contributed by atoms with Crippen LogP contribution >= 0.6 is 12.4 Å². The number of hydrogen-bond donors (Lipinski definition) is 0. The Balaban J connectivity index is 0.00000231. The second-order valence-corrected chi connectivity index (χ2v) is 10.2. The SMILES string of the molecule is Cl.O=S(=O)(c1ccccc1)c1cnc2c(N3CCC(N4CCCC4)CC3)cccc2c1. The van der Waals surface area contributed by atoms with Crippen LogP contribution in [0.15, 0.2) is 70.6 Å². The Hall–Kier alpha value is -2.15. The van der Waals surface area contributed by atoms with E-state index in [0.29, 0.717) is 10.9 Å². The number of piperidine rings is 1. The first-order valence-corrected chi connectivity index (χ1v) is 12.3. The van der Waals surface area contributed by atoms with Gasteiger partial charge in [-0.15, -0.1) is 12.4 Å². The summed E-state index contributed by atoms with van der Waals surface area (Å²) in [5, 5.41) is 0.867. The maximum atomic E-state index is 13.0. The van der Waals surface area contributed by atoms with E-state index in [2.05, 4.69) is 20.9 Å². The van der Waals surface area contributed by atoms with Gasteiger partial charge in [0.1, 0.15) is 0 Å². The minimum Gasteiger partial charge on any atom is -0.370 e. The molecule has 2 aliphatic rings. The molecule has 0 aliphatic carbocycles. The van der Waals surface area contributed by atoms with Gasteiger partial charge in [-0.05, 0) is 63.0 Å². The highest BCUT2D eigenvalue weighted by Gasteiger charge is 2.27. The summed E-state index contributed by atoms with van der Waals surface area (Å²) in [6, 6.07) is 17.1. The molecule has 1 aromatic heterocycles. The van der Waals surface area contributed by atoms with E-state index in [1.165, 1.54) is 45.0 Å². The molecule has 31 heavy (non-hydrogen) atoms. The summed E-state index contributed by atoms with van der Waals surface area (Å²) in [6.07, 6.45) is 6.53. The van der Waals surface area contributed by atoms with Crippen molar-refractivity contribution in [3.8, 4) is 0 Å². The second kappa shape index (κ2) is 9.15. The second-order valence-electron chi connectivity index (χ2n) is 8.30. The normalized spacial score (nSPS) is 18.3. The number of halogens is 1. The highest BCUT2D eigenvalue weighted by atomic mass is 35.5. The molecule has 0 amide bonds. The minimum absolute atomic E-state index is 0. The number of anilines is 1. The molecule has 0 N–H and O–H groups in total. The van der Waals surface area contributed by atoms with E-state index in [1.807, 2.05) is 18.2 Å². The fourth-order valence-corrected chi connectivity index (χ4v) is 6.10. The van der Waals surface area contributed by atoms with E-state index >= 15 is 0 Å². The lowest BCUT2D eigenvalue weighted by molar-refractivity contribution is 0.208. The van der Waals surface area contributed by atoms with Crippen molar-refractivity contribution in [2.24, 2.45) is 0 Å². The molecule has 0 unspecified atom stereocenters. The monoisotopic (exact) mass is 457 g/mol. The van der Waals surface area contributed by atoms with Crippen LogP contribution in [0, 0.1) is 0 Å². The van der Waals surface area contributed by atoms with Crippen molar-refractivity contribution in [1.29, 1.82) is 0 Å². The van der Waals surface area contributed by atoms with E-state index in [4.69, 9.17) is 0 Å². The number of rotatable bonds is 4. The number of aromatic nitrogens is 1. The number of benzene rings is 2. The van der Waals surface area contributed by atoms with Crippen LogP contribution in [0.4, 0.5) is 5.69 Å². The van der Waals surface area contributed by atoms with E-state index in [1.54, 1.807) is 30.3 Å². The van der Waals surface area contributed by atoms with Gasteiger partial charge in [-0.2, -0.15) is 0 Å². The predicted octanol–water partition coefficient (Wildman–Crippen LogP) is 4.55. The molecule has 164 valence electrons. The lowest BCUT2D eigenvalue weighted by Gasteiger charge is -2.38. The average molecular weight is 458 g/mol. The van der Waals surface area contributed by atoms with Gasteiger partial charge in [0.05, 0.1) is 21.0 Å². The third-order valence-electron chi connectivity index (χ3n) is 6.49. The molecule has 0 atom stereocenters. The zero-order valence-corrected chi connectivity index (χ0v) is 19.1. The highest BCUT2D eigenvalue weighted by molar-refractivity contribution is 7.91. The predicted molar refractivity (Wildman–Crippen MR) is 127 cm³/mol. The van der Waals surface area contributed by atoms with Crippen molar-refractivity contribution in [3.63, 3.8) is 0 Å². The molecule has 3 aromatic rings. The number of fused-ring (bicyclic) bond motifs is 1. The number of likely N-dealkylation sites (tertiary alicyclic amines) is 1. The van der Waals surface area contributed by atoms with Gasteiger partial charge in [0, 0.05) is 30.7 Å². The highest BCUT2D eigenvalue weighted by Crippen LogP contribution is 2.31. The third-order valence-corrected chi connectivity index (χ3v) is 8.23. The quantitative estimate of drug-likeness (QED) is 0.575. The van der Waals surface area contributed by atoms with Crippen molar-refractivity contribution in [2.45, 2.75) is 41.5 Å². The third kappa shape index (κ3) is 4.29. The molecule has 0 radical (unpaired) electrons. The Morgan fingerprint density at radius 3 is 2.26 bits per heavy atom. The van der Waals surface area contributed by atoms with Crippen LogP contribution in [0.25, 0.3) is 10.9 Å². The first kappa shape index (κ1) is 22.1. The number of sulfone groups is 1. The molecule has 2 saturated heterocycles. The number of nitrogens with zero attached hydrogens (tertiary/aromatic N) is 3. The molecule has 0 saturated carbocycles. The molecule has 5 rings (SSSR count). The molecule has 0 bridgehead atoms. The number of pyridine rings is 1. The zero-order chi connectivity index (χ0) is 20.6. The van der Waals surface area contributed by atoms with Gasteiger partial charge in [0.15, 0.2) is 0 Å². The molecular weight excluding hydrogens is 430 g/mol. The summed E-state index contributed by atoms with van der Waals surface area (Å²) in [5.74, 6) is 0. The molecular formula is C24H28ClN3O2S. The van der Waals surface area contributed by atoms with Gasteiger partial charge >= 0.3 is 0 Å². The molecule has 3 heterocycles. The summed E-state index contributed by atoms with van der Waals surface area (Å²) in [4.78, 5) is 10.2. The van der Waals surface area contributed by atoms with Gasteiger partial charge in [-0.1, -0.05) is 30.3 Å². The standard InChI is InChI=1S/C24H27N3O2S.ClH/c28-30(29,21-8-2-1-3-9-21)22-17-19-7-6-10-23(24(19)25-18-22)27-15-11-20(12-16-27)26-13-4-5-14-26;/h1-3,6-10,17-18,20H,4-5,11-16H2;1H. The summed E-state index contributed by atoms with van der Waals surface area (Å²) >= 11 is 0. The molecule has 2 aliphatic heterocycles. The Morgan fingerprint density at radius 1 is 0.839 bits per heavy atom. The van der Waals surface area contributed by atoms with E-state index in [0.717, 1.165) is 29.7 Å². The summed E-state index contributed by atoms with van der Waals surface area (Å²) in [5.41, 5.74) is 1.99. The molecule has 5 nitrogen and oxygen atoms in total. The summed E-state index contributed by atoms with van der Waals surface area (Å²) in [6.45, 7) is 4.54.